The van der Waals surface area contributed by atoms with Gasteiger partial charge in [0.05, 0.1) is 11.0 Å². The molecule has 0 atom stereocenters. The summed E-state index contributed by atoms with van der Waals surface area (Å²) in [6.07, 6.45) is 0. The van der Waals surface area contributed by atoms with Gasteiger partial charge in [0.15, 0.2) is 12.4 Å². The fourth-order valence-corrected chi connectivity index (χ4v) is 2.11. The first-order valence-corrected chi connectivity index (χ1v) is 7.10. The average molecular weight is 309 g/mol. The monoisotopic (exact) mass is 309 g/mol. The molecule has 0 spiro atoms. The first kappa shape index (κ1) is 14.8. The van der Waals surface area contributed by atoms with Crippen LogP contribution in [0.3, 0.4) is 0 Å². The quantitative estimate of drug-likeness (QED) is 0.710. The number of H-pyrrole nitrogens is 1. The molecule has 6 nitrogen and oxygen atoms in total. The van der Waals surface area contributed by atoms with E-state index in [-0.39, 0.29) is 18.3 Å². The second kappa shape index (κ2) is 6.31. The topological polar surface area (TPSA) is 84.1 Å². The van der Waals surface area contributed by atoms with Crippen molar-refractivity contribution >= 4 is 28.7 Å². The molecule has 23 heavy (non-hydrogen) atoms. The number of para-hydroxylation sites is 2. The Balaban J connectivity index is 1.57. The predicted octanol–water partition coefficient (Wildman–Crippen LogP) is 2.78. The summed E-state index contributed by atoms with van der Waals surface area (Å²) in [7, 11) is 0. The van der Waals surface area contributed by atoms with Gasteiger partial charge in [-0.1, -0.05) is 12.1 Å². The minimum Gasteiger partial charge on any atom is -0.484 e. The van der Waals surface area contributed by atoms with E-state index in [1.54, 1.807) is 24.3 Å². The van der Waals surface area contributed by atoms with Crippen LogP contribution in [-0.4, -0.2) is 28.3 Å². The molecular formula is C17H15N3O3. The number of carbonyl (C=O) groups excluding carboxylic acids is 2. The zero-order chi connectivity index (χ0) is 16.2. The summed E-state index contributed by atoms with van der Waals surface area (Å²) >= 11 is 0. The number of carbonyl (C=O) groups is 2. The number of ether oxygens (including phenoxy) is 1. The van der Waals surface area contributed by atoms with Crippen molar-refractivity contribution in [2.24, 2.45) is 0 Å². The summed E-state index contributed by atoms with van der Waals surface area (Å²) in [5.74, 6) is 0.570. The maximum Gasteiger partial charge on any atom is 0.264 e. The first-order valence-electron chi connectivity index (χ1n) is 7.10. The van der Waals surface area contributed by atoms with Crippen molar-refractivity contribution in [3.8, 4) is 5.75 Å². The Morgan fingerprint density at radius 2 is 1.87 bits per heavy atom. The van der Waals surface area contributed by atoms with Gasteiger partial charge in [-0.2, -0.15) is 0 Å². The van der Waals surface area contributed by atoms with Crippen LogP contribution in [0.25, 0.3) is 11.0 Å². The van der Waals surface area contributed by atoms with E-state index >= 15 is 0 Å². The van der Waals surface area contributed by atoms with Crippen LogP contribution in [0.15, 0.2) is 48.5 Å². The van der Waals surface area contributed by atoms with Crippen molar-refractivity contribution < 1.29 is 14.3 Å². The van der Waals surface area contributed by atoms with Gasteiger partial charge in [-0.25, -0.2) is 4.98 Å². The van der Waals surface area contributed by atoms with E-state index in [0.717, 1.165) is 11.0 Å². The van der Waals surface area contributed by atoms with Crippen molar-refractivity contribution in [1.82, 2.24) is 9.97 Å². The molecule has 0 saturated carbocycles. The number of hydrogen-bond acceptors (Lipinski definition) is 4. The minimum atomic E-state index is -0.320. The van der Waals surface area contributed by atoms with Gasteiger partial charge in [0.1, 0.15) is 5.75 Å². The van der Waals surface area contributed by atoms with E-state index in [1.807, 2.05) is 24.3 Å². The number of ketones is 1. The molecule has 0 bridgehead atoms. The van der Waals surface area contributed by atoms with Crippen LogP contribution >= 0.6 is 0 Å². The number of hydrogen-bond donors (Lipinski definition) is 2. The second-order valence-electron chi connectivity index (χ2n) is 5.02. The van der Waals surface area contributed by atoms with Crippen molar-refractivity contribution in [2.75, 3.05) is 11.9 Å². The summed E-state index contributed by atoms with van der Waals surface area (Å²) in [5, 5.41) is 2.65. The molecule has 1 heterocycles. The molecule has 2 aromatic carbocycles. The van der Waals surface area contributed by atoms with Crippen LogP contribution in [0.2, 0.25) is 0 Å². The zero-order valence-corrected chi connectivity index (χ0v) is 12.5. The average Bonchev–Trinajstić information content (AvgIpc) is 2.95. The summed E-state index contributed by atoms with van der Waals surface area (Å²) in [6, 6.07) is 14.1. The van der Waals surface area contributed by atoms with Crippen LogP contribution in [-0.2, 0) is 4.79 Å². The molecule has 1 aromatic heterocycles. The van der Waals surface area contributed by atoms with Crippen LogP contribution in [0.4, 0.5) is 5.95 Å². The Hall–Kier alpha value is -3.15. The summed E-state index contributed by atoms with van der Waals surface area (Å²) < 4.78 is 5.38. The molecule has 0 aliphatic heterocycles. The van der Waals surface area contributed by atoms with Gasteiger partial charge in [0.2, 0.25) is 5.95 Å². The molecule has 0 saturated heterocycles. The molecule has 0 aliphatic rings. The van der Waals surface area contributed by atoms with E-state index in [0.29, 0.717) is 17.3 Å². The highest BCUT2D eigenvalue weighted by Crippen LogP contribution is 2.14. The largest absolute Gasteiger partial charge is 0.484 e. The Kier molecular flexibility index (Phi) is 4.05. The van der Waals surface area contributed by atoms with Crippen molar-refractivity contribution in [3.63, 3.8) is 0 Å². The third kappa shape index (κ3) is 3.55. The molecular weight excluding hydrogens is 294 g/mol. The molecule has 1 amide bonds. The number of aromatic nitrogens is 2. The number of rotatable bonds is 5. The van der Waals surface area contributed by atoms with Crippen LogP contribution < -0.4 is 10.1 Å². The van der Waals surface area contributed by atoms with Gasteiger partial charge in [-0.3, -0.25) is 14.9 Å². The highest BCUT2D eigenvalue weighted by molar-refractivity contribution is 5.94. The van der Waals surface area contributed by atoms with Crippen LogP contribution in [0.5, 0.6) is 5.75 Å². The number of amides is 1. The Bertz CT molecular complexity index is 820. The molecule has 3 aromatic rings. The lowest BCUT2D eigenvalue weighted by atomic mass is 10.1. The highest BCUT2D eigenvalue weighted by atomic mass is 16.5. The standard InChI is InChI=1S/C17H15N3O3/c1-11(21)12-6-8-13(9-7-12)23-10-16(22)20-17-18-14-4-2-3-5-15(14)19-17/h2-9H,10H2,1H3,(H2,18,19,20,22). The summed E-state index contributed by atoms with van der Waals surface area (Å²) in [5.41, 5.74) is 2.23. The van der Waals surface area contributed by atoms with Crippen molar-refractivity contribution in [2.45, 2.75) is 6.92 Å². The number of anilines is 1. The smallest absolute Gasteiger partial charge is 0.264 e. The molecule has 0 unspecified atom stereocenters. The lowest BCUT2D eigenvalue weighted by Crippen LogP contribution is -2.20. The fourth-order valence-electron chi connectivity index (χ4n) is 2.11. The molecule has 116 valence electrons. The second-order valence-corrected chi connectivity index (χ2v) is 5.02. The molecule has 3 rings (SSSR count). The molecule has 6 heteroatoms. The number of nitrogens with one attached hydrogen (secondary N) is 2. The first-order chi connectivity index (χ1) is 11.1. The fraction of sp³-hybridized carbons (Fsp3) is 0.118. The molecule has 0 fully saturated rings. The Labute approximate surface area is 132 Å². The maximum absolute atomic E-state index is 11.9. The maximum atomic E-state index is 11.9. The van der Waals surface area contributed by atoms with Crippen molar-refractivity contribution in [3.05, 3.63) is 54.1 Å². The van der Waals surface area contributed by atoms with E-state index in [1.165, 1.54) is 6.92 Å². The lowest BCUT2D eigenvalue weighted by molar-refractivity contribution is -0.118. The zero-order valence-electron chi connectivity index (χ0n) is 12.5. The number of Topliss-reactive ketones (excluding diaryl/α,β-unsaturated/α-hetero) is 1. The number of nitrogens with zero attached hydrogens (tertiary/aromatic N) is 1. The van der Waals surface area contributed by atoms with Crippen LogP contribution in [0, 0.1) is 0 Å². The van der Waals surface area contributed by atoms with Gasteiger partial charge in [0, 0.05) is 5.56 Å². The van der Waals surface area contributed by atoms with Gasteiger partial charge in [-0.05, 0) is 43.3 Å². The van der Waals surface area contributed by atoms with Gasteiger partial charge >= 0.3 is 0 Å². The third-order valence-corrected chi connectivity index (χ3v) is 3.28. The van der Waals surface area contributed by atoms with E-state index in [9.17, 15) is 9.59 Å². The lowest BCUT2D eigenvalue weighted by Gasteiger charge is -2.06. The highest BCUT2D eigenvalue weighted by Gasteiger charge is 2.08. The van der Waals surface area contributed by atoms with E-state index < -0.39 is 0 Å². The number of benzene rings is 2. The normalized spacial score (nSPS) is 10.5. The van der Waals surface area contributed by atoms with Gasteiger partial charge in [0.25, 0.3) is 5.91 Å². The molecule has 0 aliphatic carbocycles. The Morgan fingerprint density at radius 3 is 2.57 bits per heavy atom. The summed E-state index contributed by atoms with van der Waals surface area (Å²) in [4.78, 5) is 30.3. The van der Waals surface area contributed by atoms with E-state index in [4.69, 9.17) is 4.74 Å². The number of imidazole rings is 1. The van der Waals surface area contributed by atoms with Crippen LogP contribution in [0.1, 0.15) is 17.3 Å². The molecule has 2 N–H and O–H groups in total. The number of aromatic amines is 1. The van der Waals surface area contributed by atoms with E-state index in [2.05, 4.69) is 15.3 Å². The minimum absolute atomic E-state index is 0.0146. The third-order valence-electron chi connectivity index (χ3n) is 3.28. The van der Waals surface area contributed by atoms with Crippen molar-refractivity contribution in [1.29, 1.82) is 0 Å². The number of fused-ring (bicyclic) bond motifs is 1. The van der Waals surface area contributed by atoms with Gasteiger partial charge < -0.3 is 9.72 Å². The Morgan fingerprint density at radius 1 is 1.13 bits per heavy atom. The SMILES string of the molecule is CC(=O)c1ccc(OCC(=O)Nc2nc3ccccc3[nH]2)cc1. The predicted molar refractivity (Wildman–Crippen MR) is 86.7 cm³/mol. The summed E-state index contributed by atoms with van der Waals surface area (Å²) in [6.45, 7) is 1.35. The van der Waals surface area contributed by atoms with Gasteiger partial charge in [-0.15, -0.1) is 0 Å². The molecule has 0 radical (unpaired) electrons.